The van der Waals surface area contributed by atoms with Gasteiger partial charge in [-0.2, -0.15) is 0 Å². The van der Waals surface area contributed by atoms with Crippen molar-refractivity contribution in [2.45, 2.75) is 25.8 Å². The summed E-state index contributed by atoms with van der Waals surface area (Å²) in [5.74, 6) is 0.584. The average Bonchev–Trinajstić information content (AvgIpc) is 2.61. The van der Waals surface area contributed by atoms with Crippen LogP contribution in [0.2, 0.25) is 0 Å². The van der Waals surface area contributed by atoms with Gasteiger partial charge < -0.3 is 10.3 Å². The molecule has 6 heteroatoms. The Bertz CT molecular complexity index is 890. The second kappa shape index (κ2) is 7.50. The molecule has 0 saturated carbocycles. The Morgan fingerprint density at radius 1 is 1.17 bits per heavy atom. The molecule has 0 fully saturated rings. The third-order valence-electron chi connectivity index (χ3n) is 3.69. The van der Waals surface area contributed by atoms with Crippen LogP contribution < -0.4 is 10.9 Å². The average molecular weight is 322 g/mol. The molecule has 1 amide bonds. The summed E-state index contributed by atoms with van der Waals surface area (Å²) in [6.45, 7) is 0.470. The molecule has 0 aliphatic rings. The number of aromatic nitrogens is 3. The van der Waals surface area contributed by atoms with E-state index in [1.807, 2.05) is 30.3 Å². The molecule has 0 atom stereocenters. The quantitative estimate of drug-likeness (QED) is 0.726. The number of rotatable bonds is 6. The van der Waals surface area contributed by atoms with Gasteiger partial charge in [0.2, 0.25) is 5.91 Å². The predicted molar refractivity (Wildman–Crippen MR) is 91.4 cm³/mol. The van der Waals surface area contributed by atoms with Crippen molar-refractivity contribution in [3.63, 3.8) is 0 Å². The van der Waals surface area contributed by atoms with Crippen molar-refractivity contribution < 1.29 is 4.79 Å². The fraction of sp³-hybridized carbons (Fsp3) is 0.222. The lowest BCUT2D eigenvalue weighted by molar-refractivity contribution is -0.121. The summed E-state index contributed by atoms with van der Waals surface area (Å²) in [4.78, 5) is 35.0. The number of benzene rings is 1. The summed E-state index contributed by atoms with van der Waals surface area (Å²) < 4.78 is 0. The zero-order valence-electron chi connectivity index (χ0n) is 13.2. The van der Waals surface area contributed by atoms with E-state index in [-0.39, 0.29) is 11.5 Å². The molecule has 1 aromatic carbocycles. The van der Waals surface area contributed by atoms with Gasteiger partial charge in [0.1, 0.15) is 5.82 Å². The second-order valence-corrected chi connectivity index (χ2v) is 5.52. The Balaban J connectivity index is 1.51. The molecular weight excluding hydrogens is 304 g/mol. The van der Waals surface area contributed by atoms with E-state index in [1.165, 1.54) is 0 Å². The smallest absolute Gasteiger partial charge is 0.258 e. The molecule has 2 aromatic heterocycles. The maximum Gasteiger partial charge on any atom is 0.258 e. The van der Waals surface area contributed by atoms with Gasteiger partial charge in [0.05, 0.1) is 10.9 Å². The third-order valence-corrected chi connectivity index (χ3v) is 3.69. The van der Waals surface area contributed by atoms with Crippen LogP contribution in [-0.2, 0) is 17.8 Å². The number of aromatic amines is 1. The maximum atomic E-state index is 12.0. The van der Waals surface area contributed by atoms with Gasteiger partial charge in [-0.3, -0.25) is 14.6 Å². The van der Waals surface area contributed by atoms with Crippen LogP contribution in [-0.4, -0.2) is 20.9 Å². The Hall–Kier alpha value is -3.02. The largest absolute Gasteiger partial charge is 0.352 e. The third kappa shape index (κ3) is 4.04. The summed E-state index contributed by atoms with van der Waals surface area (Å²) in [5, 5.41) is 3.43. The van der Waals surface area contributed by atoms with Crippen LogP contribution in [0, 0.1) is 0 Å². The monoisotopic (exact) mass is 322 g/mol. The Labute approximate surface area is 139 Å². The topological polar surface area (TPSA) is 87.7 Å². The molecule has 6 nitrogen and oxygen atoms in total. The fourth-order valence-electron chi connectivity index (χ4n) is 2.46. The number of carbonyl (C=O) groups excluding carboxylic acids is 1. The van der Waals surface area contributed by atoms with Crippen molar-refractivity contribution in [3.8, 4) is 0 Å². The van der Waals surface area contributed by atoms with E-state index in [2.05, 4.69) is 20.3 Å². The molecule has 0 unspecified atom stereocenters. The summed E-state index contributed by atoms with van der Waals surface area (Å²) in [6, 6.07) is 11.0. The Kier molecular flexibility index (Phi) is 4.96. The highest BCUT2D eigenvalue weighted by atomic mass is 16.1. The number of H-pyrrole nitrogens is 1. The second-order valence-electron chi connectivity index (χ2n) is 5.52. The number of amides is 1. The molecule has 0 aliphatic carbocycles. The zero-order valence-corrected chi connectivity index (χ0v) is 13.2. The number of para-hydroxylation sites is 1. The minimum absolute atomic E-state index is 0.0259. The van der Waals surface area contributed by atoms with Crippen LogP contribution in [0.1, 0.15) is 24.2 Å². The van der Waals surface area contributed by atoms with Gasteiger partial charge >= 0.3 is 0 Å². The van der Waals surface area contributed by atoms with E-state index < -0.39 is 0 Å². The lowest BCUT2D eigenvalue weighted by Gasteiger charge is -2.05. The summed E-state index contributed by atoms with van der Waals surface area (Å²) in [5.41, 5.74) is 1.50. The van der Waals surface area contributed by atoms with Crippen LogP contribution >= 0.6 is 0 Å². The van der Waals surface area contributed by atoms with Gasteiger partial charge in [-0.05, 0) is 30.2 Å². The van der Waals surface area contributed by atoms with E-state index in [9.17, 15) is 9.59 Å². The van der Waals surface area contributed by atoms with Gasteiger partial charge in [0.15, 0.2) is 0 Å². The summed E-state index contributed by atoms with van der Waals surface area (Å²) in [7, 11) is 0. The standard InChI is InChI=1S/C18H18N4O2/c23-17(20-12-13-5-4-10-19-11-13)9-3-8-16-21-15-7-2-1-6-14(15)18(24)22-16/h1-2,4-7,10-11H,3,8-9,12H2,(H,20,23)(H,21,22,24). The summed E-state index contributed by atoms with van der Waals surface area (Å²) in [6.07, 6.45) is 4.99. The first-order chi connectivity index (χ1) is 11.7. The number of nitrogens with zero attached hydrogens (tertiary/aromatic N) is 2. The minimum Gasteiger partial charge on any atom is -0.352 e. The van der Waals surface area contributed by atoms with Crippen molar-refractivity contribution in [1.29, 1.82) is 0 Å². The van der Waals surface area contributed by atoms with Crippen molar-refractivity contribution in [2.24, 2.45) is 0 Å². The van der Waals surface area contributed by atoms with E-state index in [1.54, 1.807) is 18.5 Å². The summed E-state index contributed by atoms with van der Waals surface area (Å²) >= 11 is 0. The fourth-order valence-corrected chi connectivity index (χ4v) is 2.46. The van der Waals surface area contributed by atoms with Gasteiger partial charge in [-0.25, -0.2) is 4.98 Å². The van der Waals surface area contributed by atoms with E-state index in [0.717, 1.165) is 5.56 Å². The molecule has 0 spiro atoms. The first-order valence-corrected chi connectivity index (χ1v) is 7.86. The van der Waals surface area contributed by atoms with Crippen LogP contribution in [0.3, 0.4) is 0 Å². The van der Waals surface area contributed by atoms with Gasteiger partial charge in [-0.15, -0.1) is 0 Å². The normalized spacial score (nSPS) is 10.7. The highest BCUT2D eigenvalue weighted by Crippen LogP contribution is 2.07. The predicted octanol–water partition coefficient (Wildman–Crippen LogP) is 1.96. The van der Waals surface area contributed by atoms with Crippen molar-refractivity contribution in [2.75, 3.05) is 0 Å². The van der Waals surface area contributed by atoms with E-state index in [0.29, 0.717) is 42.5 Å². The minimum atomic E-state index is -0.142. The first kappa shape index (κ1) is 15.9. The number of aryl methyl sites for hydroxylation is 1. The Morgan fingerprint density at radius 3 is 2.88 bits per heavy atom. The van der Waals surface area contributed by atoms with Crippen LogP contribution in [0.25, 0.3) is 10.9 Å². The highest BCUT2D eigenvalue weighted by Gasteiger charge is 2.05. The Morgan fingerprint density at radius 2 is 2.04 bits per heavy atom. The molecule has 0 aliphatic heterocycles. The lowest BCUT2D eigenvalue weighted by Crippen LogP contribution is -2.22. The van der Waals surface area contributed by atoms with Gasteiger partial charge in [-0.1, -0.05) is 18.2 Å². The van der Waals surface area contributed by atoms with Crippen LogP contribution in [0.15, 0.2) is 53.6 Å². The first-order valence-electron chi connectivity index (χ1n) is 7.86. The molecule has 0 saturated heterocycles. The molecule has 0 radical (unpaired) electrons. The lowest BCUT2D eigenvalue weighted by atomic mass is 10.2. The molecule has 122 valence electrons. The maximum absolute atomic E-state index is 12.0. The number of hydrogen-bond acceptors (Lipinski definition) is 4. The van der Waals surface area contributed by atoms with Crippen molar-refractivity contribution in [3.05, 3.63) is 70.5 Å². The number of carbonyl (C=O) groups is 1. The number of fused-ring (bicyclic) bond motifs is 1. The van der Waals surface area contributed by atoms with Gasteiger partial charge in [0.25, 0.3) is 5.56 Å². The SMILES string of the molecule is O=C(CCCc1nc2ccccc2c(=O)[nH]1)NCc1cccnc1. The molecule has 24 heavy (non-hydrogen) atoms. The molecule has 3 aromatic rings. The number of nitrogens with one attached hydrogen (secondary N) is 2. The van der Waals surface area contributed by atoms with Gasteiger partial charge in [0, 0.05) is 31.8 Å². The molecule has 2 heterocycles. The van der Waals surface area contributed by atoms with Crippen molar-refractivity contribution >= 4 is 16.8 Å². The van der Waals surface area contributed by atoms with E-state index in [4.69, 9.17) is 0 Å². The van der Waals surface area contributed by atoms with Crippen LogP contribution in [0.5, 0.6) is 0 Å². The zero-order chi connectivity index (χ0) is 16.8. The van der Waals surface area contributed by atoms with Crippen molar-refractivity contribution in [1.82, 2.24) is 20.3 Å². The van der Waals surface area contributed by atoms with Crippen LogP contribution in [0.4, 0.5) is 0 Å². The molecular formula is C18H18N4O2. The molecule has 3 rings (SSSR count). The molecule has 0 bridgehead atoms. The highest BCUT2D eigenvalue weighted by molar-refractivity contribution is 5.77. The number of pyridine rings is 1. The molecule has 2 N–H and O–H groups in total. The number of hydrogen-bond donors (Lipinski definition) is 2. The van der Waals surface area contributed by atoms with E-state index >= 15 is 0 Å².